The lowest BCUT2D eigenvalue weighted by atomic mass is 9.97. The zero-order chi connectivity index (χ0) is 8.97. The lowest BCUT2D eigenvalue weighted by Gasteiger charge is -2.20. The number of rotatable bonds is 2. The van der Waals surface area contributed by atoms with Crippen molar-refractivity contribution in [2.75, 3.05) is 13.7 Å². The molecule has 0 aromatic carbocycles. The zero-order valence-electron chi connectivity index (χ0n) is 6.92. The molecule has 1 saturated heterocycles. The Balaban J connectivity index is 2.40. The van der Waals surface area contributed by atoms with Crippen molar-refractivity contribution in [3.05, 3.63) is 0 Å². The lowest BCUT2D eigenvalue weighted by molar-refractivity contribution is -0.139. The molecular weight excluding hydrogens is 160 g/mol. The fourth-order valence-electron chi connectivity index (χ4n) is 1.19. The highest BCUT2D eigenvalue weighted by Crippen LogP contribution is 2.11. The molecule has 2 N–H and O–H groups in total. The third-order valence-corrected chi connectivity index (χ3v) is 1.82. The second-order valence-electron chi connectivity index (χ2n) is 2.71. The Morgan fingerprint density at radius 3 is 3.08 bits per heavy atom. The molecule has 0 radical (unpaired) electrons. The molecule has 0 bridgehead atoms. The van der Waals surface area contributed by atoms with Crippen LogP contribution in [-0.2, 0) is 14.4 Å². The van der Waals surface area contributed by atoms with Crippen molar-refractivity contribution < 1.29 is 14.4 Å². The average Bonchev–Trinajstić information content (AvgIpc) is 2.05. The van der Waals surface area contributed by atoms with Crippen molar-refractivity contribution >= 4 is 11.8 Å². The zero-order valence-corrected chi connectivity index (χ0v) is 6.92. The molecule has 0 saturated carbocycles. The van der Waals surface area contributed by atoms with E-state index in [0.717, 1.165) is 0 Å². The summed E-state index contributed by atoms with van der Waals surface area (Å²) in [6.07, 6.45) is 0.941. The first-order valence-electron chi connectivity index (χ1n) is 3.83. The Morgan fingerprint density at radius 1 is 1.75 bits per heavy atom. The summed E-state index contributed by atoms with van der Waals surface area (Å²) >= 11 is 0. The fraction of sp³-hybridized carbons (Fsp3) is 0.714. The van der Waals surface area contributed by atoms with Gasteiger partial charge in [0.05, 0.1) is 13.0 Å². The van der Waals surface area contributed by atoms with Gasteiger partial charge in [0.15, 0.2) is 0 Å². The van der Waals surface area contributed by atoms with Gasteiger partial charge in [-0.3, -0.25) is 14.4 Å². The van der Waals surface area contributed by atoms with Gasteiger partial charge in [-0.2, -0.15) is 0 Å². The Kier molecular flexibility index (Phi) is 3.04. The third kappa shape index (κ3) is 2.20. The maximum atomic E-state index is 11.1. The van der Waals surface area contributed by atoms with Gasteiger partial charge in [-0.25, -0.2) is 5.48 Å². The van der Waals surface area contributed by atoms with Crippen LogP contribution in [0.3, 0.4) is 0 Å². The summed E-state index contributed by atoms with van der Waals surface area (Å²) < 4.78 is 0. The molecule has 12 heavy (non-hydrogen) atoms. The Hall–Kier alpha value is -1.10. The number of carbonyl (C=O) groups is 2. The molecule has 1 rings (SSSR count). The van der Waals surface area contributed by atoms with E-state index in [1.165, 1.54) is 7.11 Å². The first-order chi connectivity index (χ1) is 5.74. The van der Waals surface area contributed by atoms with E-state index in [1.807, 2.05) is 0 Å². The van der Waals surface area contributed by atoms with Crippen molar-refractivity contribution in [2.45, 2.75) is 12.8 Å². The summed E-state index contributed by atoms with van der Waals surface area (Å²) in [5, 5.41) is 2.65. The summed E-state index contributed by atoms with van der Waals surface area (Å²) in [6.45, 7) is 0.570. The number of carbonyl (C=O) groups excluding carboxylic acids is 2. The predicted octanol–water partition coefficient (Wildman–Crippen LogP) is -0.810. The van der Waals surface area contributed by atoms with Crippen LogP contribution in [0.2, 0.25) is 0 Å². The topological polar surface area (TPSA) is 67.4 Å². The van der Waals surface area contributed by atoms with Crippen LogP contribution >= 0.6 is 0 Å². The van der Waals surface area contributed by atoms with Gasteiger partial charge in [0.25, 0.3) is 0 Å². The number of amides is 2. The van der Waals surface area contributed by atoms with Gasteiger partial charge in [-0.1, -0.05) is 0 Å². The molecule has 1 heterocycles. The standard InChI is InChI=1S/C7H12N2O3/c1-12-9-7(11)5-2-3-8-6(10)4-5/h5H,2-4H2,1H3,(H,8,10)(H,9,11). The van der Waals surface area contributed by atoms with E-state index in [0.29, 0.717) is 13.0 Å². The lowest BCUT2D eigenvalue weighted by Crippen LogP contribution is -2.40. The van der Waals surface area contributed by atoms with Crippen LogP contribution in [0, 0.1) is 5.92 Å². The summed E-state index contributed by atoms with van der Waals surface area (Å²) in [7, 11) is 1.38. The van der Waals surface area contributed by atoms with E-state index >= 15 is 0 Å². The Bertz CT molecular complexity index is 193. The Morgan fingerprint density at radius 2 is 2.50 bits per heavy atom. The minimum absolute atomic E-state index is 0.0718. The molecule has 68 valence electrons. The van der Waals surface area contributed by atoms with Crippen molar-refractivity contribution in [1.82, 2.24) is 10.8 Å². The van der Waals surface area contributed by atoms with E-state index in [1.54, 1.807) is 0 Å². The van der Waals surface area contributed by atoms with Crippen LogP contribution in [0.5, 0.6) is 0 Å². The maximum absolute atomic E-state index is 11.1. The molecule has 1 aliphatic heterocycles. The molecule has 1 atom stereocenters. The summed E-state index contributed by atoms with van der Waals surface area (Å²) in [5.74, 6) is -0.524. The van der Waals surface area contributed by atoms with Crippen LogP contribution in [0.4, 0.5) is 0 Å². The number of hydroxylamine groups is 1. The quantitative estimate of drug-likeness (QED) is 0.535. The second-order valence-corrected chi connectivity index (χ2v) is 2.71. The SMILES string of the molecule is CONC(=O)C1CCNC(=O)C1. The van der Waals surface area contributed by atoms with E-state index < -0.39 is 0 Å². The monoisotopic (exact) mass is 172 g/mol. The highest BCUT2D eigenvalue weighted by molar-refractivity contribution is 5.86. The van der Waals surface area contributed by atoms with Crippen LogP contribution in [0.25, 0.3) is 0 Å². The minimum atomic E-state index is -0.237. The van der Waals surface area contributed by atoms with Crippen LogP contribution in [-0.4, -0.2) is 25.5 Å². The molecule has 2 amide bonds. The maximum Gasteiger partial charge on any atom is 0.247 e. The van der Waals surface area contributed by atoms with Gasteiger partial charge < -0.3 is 5.32 Å². The third-order valence-electron chi connectivity index (χ3n) is 1.82. The van der Waals surface area contributed by atoms with Crippen molar-refractivity contribution in [1.29, 1.82) is 0 Å². The van der Waals surface area contributed by atoms with Crippen LogP contribution in [0.15, 0.2) is 0 Å². The van der Waals surface area contributed by atoms with E-state index in [-0.39, 0.29) is 24.2 Å². The number of hydrogen-bond acceptors (Lipinski definition) is 3. The van der Waals surface area contributed by atoms with E-state index in [9.17, 15) is 9.59 Å². The normalized spacial score (nSPS) is 23.1. The molecule has 1 aliphatic rings. The van der Waals surface area contributed by atoms with Crippen LogP contribution < -0.4 is 10.8 Å². The molecule has 0 aliphatic carbocycles. The minimum Gasteiger partial charge on any atom is -0.356 e. The molecule has 5 nitrogen and oxygen atoms in total. The average molecular weight is 172 g/mol. The van der Waals surface area contributed by atoms with E-state index in [4.69, 9.17) is 0 Å². The van der Waals surface area contributed by atoms with Crippen molar-refractivity contribution in [2.24, 2.45) is 5.92 Å². The van der Waals surface area contributed by atoms with E-state index in [2.05, 4.69) is 15.6 Å². The second kappa shape index (κ2) is 4.06. The first-order valence-corrected chi connectivity index (χ1v) is 3.83. The first kappa shape index (κ1) is 8.99. The smallest absolute Gasteiger partial charge is 0.247 e. The molecule has 1 unspecified atom stereocenters. The molecule has 5 heteroatoms. The molecule has 0 aromatic rings. The molecule has 0 aromatic heterocycles. The fourth-order valence-corrected chi connectivity index (χ4v) is 1.19. The highest BCUT2D eigenvalue weighted by atomic mass is 16.6. The highest BCUT2D eigenvalue weighted by Gasteiger charge is 2.25. The summed E-state index contributed by atoms with van der Waals surface area (Å²) in [5.41, 5.74) is 2.22. The summed E-state index contributed by atoms with van der Waals surface area (Å²) in [6, 6.07) is 0. The predicted molar refractivity (Wildman–Crippen MR) is 40.9 cm³/mol. The van der Waals surface area contributed by atoms with Crippen molar-refractivity contribution in [3.8, 4) is 0 Å². The molecule has 1 fully saturated rings. The van der Waals surface area contributed by atoms with Crippen molar-refractivity contribution in [3.63, 3.8) is 0 Å². The van der Waals surface area contributed by atoms with Gasteiger partial charge in [0.2, 0.25) is 11.8 Å². The van der Waals surface area contributed by atoms with Crippen LogP contribution in [0.1, 0.15) is 12.8 Å². The van der Waals surface area contributed by atoms with Gasteiger partial charge >= 0.3 is 0 Å². The number of nitrogens with one attached hydrogen (secondary N) is 2. The molecular formula is C7H12N2O3. The van der Waals surface area contributed by atoms with Gasteiger partial charge in [0.1, 0.15) is 0 Å². The number of piperidine rings is 1. The van der Waals surface area contributed by atoms with Gasteiger partial charge in [0, 0.05) is 13.0 Å². The van der Waals surface area contributed by atoms with Gasteiger partial charge in [-0.05, 0) is 6.42 Å². The largest absolute Gasteiger partial charge is 0.356 e. The van der Waals surface area contributed by atoms with Gasteiger partial charge in [-0.15, -0.1) is 0 Å². The summed E-state index contributed by atoms with van der Waals surface area (Å²) in [4.78, 5) is 26.4. The Labute approximate surface area is 70.4 Å². The number of hydrogen-bond donors (Lipinski definition) is 2. The molecule has 0 spiro atoms.